The van der Waals surface area contributed by atoms with Crippen LogP contribution in [-0.2, 0) is 11.8 Å². The summed E-state index contributed by atoms with van der Waals surface area (Å²) in [5, 5.41) is 14.2. The topological polar surface area (TPSA) is 59.3 Å². The molecular weight excluding hydrogens is 262 g/mol. The van der Waals surface area contributed by atoms with Crippen molar-refractivity contribution in [3.8, 4) is 0 Å². The normalized spacial score (nSPS) is 12.7. The van der Waals surface area contributed by atoms with E-state index >= 15 is 0 Å². The molecule has 2 N–H and O–H groups in total. The van der Waals surface area contributed by atoms with Crippen LogP contribution < -0.4 is 5.32 Å². The Hall–Kier alpha value is -1.21. The molecule has 0 aliphatic rings. The zero-order chi connectivity index (χ0) is 13.5. The Morgan fingerprint density at radius 2 is 2.42 bits per heavy atom. The van der Waals surface area contributed by atoms with Crippen LogP contribution in [0.4, 0.5) is 0 Å². The largest absolute Gasteiger partial charge is 0.394 e. The molecule has 0 saturated carbocycles. The highest BCUT2D eigenvalue weighted by Gasteiger charge is 2.18. The van der Waals surface area contributed by atoms with Crippen molar-refractivity contribution < 1.29 is 9.84 Å². The van der Waals surface area contributed by atoms with Crippen LogP contribution in [-0.4, -0.2) is 41.0 Å². The molecule has 1 unspecified atom stereocenters. The maximum Gasteiger partial charge on any atom is 0.131 e. The van der Waals surface area contributed by atoms with Crippen molar-refractivity contribution in [1.29, 1.82) is 0 Å². The zero-order valence-corrected chi connectivity index (χ0v) is 11.8. The predicted octanol–water partition coefficient (Wildman–Crippen LogP) is 1.17. The quantitative estimate of drug-likeness (QED) is 0.713. The van der Waals surface area contributed by atoms with Gasteiger partial charge in [0, 0.05) is 30.9 Å². The van der Waals surface area contributed by atoms with Crippen LogP contribution in [0.15, 0.2) is 29.9 Å². The summed E-state index contributed by atoms with van der Waals surface area (Å²) >= 11 is 1.71. The third-order valence-corrected chi connectivity index (χ3v) is 3.71. The Bertz CT molecular complexity index is 470. The Balaban J connectivity index is 1.98. The second kappa shape index (κ2) is 7.40. The van der Waals surface area contributed by atoms with Gasteiger partial charge in [-0.15, -0.1) is 11.3 Å². The molecule has 19 heavy (non-hydrogen) atoms. The molecule has 6 heteroatoms. The number of hydrogen-bond donors (Lipinski definition) is 2. The summed E-state index contributed by atoms with van der Waals surface area (Å²) in [4.78, 5) is 5.65. The highest BCUT2D eigenvalue weighted by atomic mass is 32.1. The van der Waals surface area contributed by atoms with Crippen molar-refractivity contribution in [3.63, 3.8) is 0 Å². The second-order valence-corrected chi connectivity index (χ2v) is 5.11. The van der Waals surface area contributed by atoms with Gasteiger partial charge in [0.1, 0.15) is 11.9 Å². The summed E-state index contributed by atoms with van der Waals surface area (Å²) < 4.78 is 7.28. The number of aliphatic hydroxyl groups is 1. The van der Waals surface area contributed by atoms with Crippen LogP contribution in [0.1, 0.15) is 16.7 Å². The smallest absolute Gasteiger partial charge is 0.131 e. The van der Waals surface area contributed by atoms with E-state index in [2.05, 4.69) is 21.7 Å². The number of nitrogens with zero attached hydrogens (tertiary/aromatic N) is 2. The Morgan fingerprint density at radius 1 is 1.53 bits per heavy atom. The average Bonchev–Trinajstić information content (AvgIpc) is 3.06. The lowest BCUT2D eigenvalue weighted by atomic mass is 10.2. The second-order valence-electron chi connectivity index (χ2n) is 4.13. The molecule has 2 heterocycles. The molecule has 0 radical (unpaired) electrons. The molecule has 2 rings (SSSR count). The van der Waals surface area contributed by atoms with Gasteiger partial charge in [-0.2, -0.15) is 0 Å². The van der Waals surface area contributed by atoms with E-state index in [0.29, 0.717) is 13.2 Å². The number of ether oxygens (including phenoxy) is 1. The number of hydrogen-bond acceptors (Lipinski definition) is 5. The van der Waals surface area contributed by atoms with Crippen LogP contribution in [0, 0.1) is 0 Å². The Kier molecular flexibility index (Phi) is 5.53. The molecule has 0 fully saturated rings. The first-order valence-corrected chi connectivity index (χ1v) is 7.13. The number of aliphatic hydroxyl groups excluding tert-OH is 1. The standard InChI is InChI=1S/C13H19N3O2S/c1-16-6-4-15-13(16)12(11-3-2-10-19-11)14-5-8-18-9-7-17/h2-4,6,10,12,14,17H,5,7-9H2,1H3. The molecule has 0 spiro atoms. The minimum atomic E-state index is 0.0632. The van der Waals surface area contributed by atoms with E-state index < -0.39 is 0 Å². The molecule has 0 aliphatic carbocycles. The van der Waals surface area contributed by atoms with Gasteiger partial charge in [-0.05, 0) is 11.4 Å². The van der Waals surface area contributed by atoms with Gasteiger partial charge >= 0.3 is 0 Å². The summed E-state index contributed by atoms with van der Waals surface area (Å²) in [7, 11) is 1.99. The SMILES string of the molecule is Cn1ccnc1C(NCCOCCO)c1cccs1. The number of thiophene rings is 1. The van der Waals surface area contributed by atoms with E-state index in [4.69, 9.17) is 9.84 Å². The summed E-state index contributed by atoms with van der Waals surface area (Å²) in [5.74, 6) is 0.990. The molecule has 0 aliphatic heterocycles. The number of rotatable bonds is 8. The van der Waals surface area contributed by atoms with Gasteiger partial charge in [-0.3, -0.25) is 0 Å². The van der Waals surface area contributed by atoms with Crippen molar-refractivity contribution in [2.45, 2.75) is 6.04 Å². The van der Waals surface area contributed by atoms with Gasteiger partial charge < -0.3 is 19.7 Å². The summed E-state index contributed by atoms with van der Waals surface area (Å²) in [6.45, 7) is 1.74. The Labute approximate surface area is 116 Å². The van der Waals surface area contributed by atoms with Gasteiger partial charge in [0.25, 0.3) is 0 Å². The lowest BCUT2D eigenvalue weighted by molar-refractivity contribution is 0.0930. The molecule has 2 aromatic rings. The van der Waals surface area contributed by atoms with Crippen molar-refractivity contribution in [2.75, 3.05) is 26.4 Å². The van der Waals surface area contributed by atoms with E-state index in [0.717, 1.165) is 12.4 Å². The molecule has 2 aromatic heterocycles. The first-order valence-electron chi connectivity index (χ1n) is 6.25. The van der Waals surface area contributed by atoms with Crippen molar-refractivity contribution in [1.82, 2.24) is 14.9 Å². The first kappa shape index (κ1) is 14.2. The molecule has 5 nitrogen and oxygen atoms in total. The van der Waals surface area contributed by atoms with Gasteiger partial charge in [0.15, 0.2) is 0 Å². The average molecular weight is 281 g/mol. The van der Waals surface area contributed by atoms with E-state index in [-0.39, 0.29) is 12.6 Å². The number of imidazole rings is 1. The minimum Gasteiger partial charge on any atom is -0.394 e. The third-order valence-electron chi connectivity index (χ3n) is 2.77. The van der Waals surface area contributed by atoms with E-state index in [1.807, 2.05) is 23.9 Å². The maximum absolute atomic E-state index is 8.65. The molecule has 0 saturated heterocycles. The number of nitrogens with one attached hydrogen (secondary N) is 1. The molecule has 0 bridgehead atoms. The monoisotopic (exact) mass is 281 g/mol. The van der Waals surface area contributed by atoms with Crippen LogP contribution in [0.5, 0.6) is 0 Å². The summed E-state index contributed by atoms with van der Waals surface area (Å²) in [5.41, 5.74) is 0. The predicted molar refractivity (Wildman–Crippen MR) is 75.3 cm³/mol. The van der Waals surface area contributed by atoms with E-state index in [9.17, 15) is 0 Å². The fraction of sp³-hybridized carbons (Fsp3) is 0.462. The van der Waals surface area contributed by atoms with Crippen LogP contribution in [0.2, 0.25) is 0 Å². The fourth-order valence-electron chi connectivity index (χ4n) is 1.87. The van der Waals surface area contributed by atoms with Crippen molar-refractivity contribution in [2.24, 2.45) is 7.05 Å². The van der Waals surface area contributed by atoms with Crippen LogP contribution in [0.25, 0.3) is 0 Å². The molecular formula is C13H19N3O2S. The third kappa shape index (κ3) is 3.87. The highest BCUT2D eigenvalue weighted by molar-refractivity contribution is 7.10. The molecule has 0 aromatic carbocycles. The zero-order valence-electron chi connectivity index (χ0n) is 11.0. The number of aryl methyl sites for hydroxylation is 1. The fourth-order valence-corrected chi connectivity index (χ4v) is 2.67. The minimum absolute atomic E-state index is 0.0632. The maximum atomic E-state index is 8.65. The lowest BCUT2D eigenvalue weighted by Crippen LogP contribution is -2.28. The first-order chi connectivity index (χ1) is 9.33. The van der Waals surface area contributed by atoms with Crippen LogP contribution >= 0.6 is 11.3 Å². The summed E-state index contributed by atoms with van der Waals surface area (Å²) in [6.07, 6.45) is 3.75. The van der Waals surface area contributed by atoms with Crippen molar-refractivity contribution >= 4 is 11.3 Å². The number of aromatic nitrogens is 2. The molecule has 104 valence electrons. The van der Waals surface area contributed by atoms with Crippen molar-refractivity contribution in [3.05, 3.63) is 40.6 Å². The van der Waals surface area contributed by atoms with Crippen LogP contribution in [0.3, 0.4) is 0 Å². The highest BCUT2D eigenvalue weighted by Crippen LogP contribution is 2.24. The Morgan fingerprint density at radius 3 is 3.05 bits per heavy atom. The molecule has 0 amide bonds. The lowest BCUT2D eigenvalue weighted by Gasteiger charge is -2.17. The van der Waals surface area contributed by atoms with E-state index in [1.54, 1.807) is 17.5 Å². The van der Waals surface area contributed by atoms with Gasteiger partial charge in [0.05, 0.1) is 19.8 Å². The van der Waals surface area contributed by atoms with E-state index in [1.165, 1.54) is 4.88 Å². The van der Waals surface area contributed by atoms with Gasteiger partial charge in [0.2, 0.25) is 0 Å². The summed E-state index contributed by atoms with van der Waals surface area (Å²) in [6, 6.07) is 4.23. The van der Waals surface area contributed by atoms with Gasteiger partial charge in [-0.1, -0.05) is 6.07 Å². The van der Waals surface area contributed by atoms with Gasteiger partial charge in [-0.25, -0.2) is 4.98 Å². The molecule has 1 atom stereocenters.